The van der Waals surface area contributed by atoms with Gasteiger partial charge in [-0.3, -0.25) is 4.79 Å². The lowest BCUT2D eigenvalue weighted by atomic mass is 10.2. The smallest absolute Gasteiger partial charge is 0.259 e. The largest absolute Gasteiger partial charge is 0.493 e. The first-order valence-corrected chi connectivity index (χ1v) is 9.43. The summed E-state index contributed by atoms with van der Waals surface area (Å²) in [4.78, 5) is 11.7. The molecule has 1 fully saturated rings. The van der Waals surface area contributed by atoms with E-state index in [0.717, 1.165) is 11.1 Å². The summed E-state index contributed by atoms with van der Waals surface area (Å²) in [6.45, 7) is 0.331. The zero-order valence-corrected chi connectivity index (χ0v) is 16.2. The maximum Gasteiger partial charge on any atom is 0.259 e. The first kappa shape index (κ1) is 18.7. The van der Waals surface area contributed by atoms with E-state index in [9.17, 15) is 4.79 Å². The molecule has 3 rings (SSSR count). The number of hydrazone groups is 1. The molecule has 0 unspecified atom stereocenters. The van der Waals surface area contributed by atoms with Crippen molar-refractivity contribution in [3.05, 3.63) is 58.6 Å². The van der Waals surface area contributed by atoms with Crippen molar-refractivity contribution in [2.24, 2.45) is 5.10 Å². The molecule has 5 nitrogen and oxygen atoms in total. The van der Waals surface area contributed by atoms with Crippen LogP contribution in [-0.2, 0) is 11.4 Å². The second kappa shape index (κ2) is 8.53. The highest BCUT2D eigenvalue weighted by Gasteiger charge is 2.25. The number of methoxy groups -OCH3 is 1. The highest BCUT2D eigenvalue weighted by Crippen LogP contribution is 2.29. The Bertz CT molecular complexity index is 857. The van der Waals surface area contributed by atoms with Gasteiger partial charge in [-0.15, -0.1) is 0 Å². The van der Waals surface area contributed by atoms with Crippen molar-refractivity contribution in [3.63, 3.8) is 0 Å². The molecule has 1 saturated heterocycles. The maximum absolute atomic E-state index is 11.7. The van der Waals surface area contributed by atoms with Gasteiger partial charge >= 0.3 is 0 Å². The van der Waals surface area contributed by atoms with E-state index in [-0.39, 0.29) is 5.91 Å². The van der Waals surface area contributed by atoms with Crippen molar-refractivity contribution in [2.75, 3.05) is 12.9 Å². The number of ether oxygens (including phenoxy) is 2. The summed E-state index contributed by atoms with van der Waals surface area (Å²) in [5, 5.41) is 6.03. The molecule has 1 aliphatic rings. The van der Waals surface area contributed by atoms with Crippen LogP contribution in [0, 0.1) is 0 Å². The number of carbonyl (C=O) groups excluding carboxylic acids is 1. The Morgan fingerprint density at radius 1 is 1.31 bits per heavy atom. The fourth-order valence-electron chi connectivity index (χ4n) is 2.24. The molecule has 0 atom stereocenters. The monoisotopic (exact) mass is 406 g/mol. The first-order valence-electron chi connectivity index (χ1n) is 7.66. The van der Waals surface area contributed by atoms with Crippen LogP contribution in [-0.4, -0.2) is 34.3 Å². The van der Waals surface area contributed by atoms with Gasteiger partial charge in [0.15, 0.2) is 15.8 Å². The summed E-state index contributed by atoms with van der Waals surface area (Å²) in [5.74, 6) is 1.36. The van der Waals surface area contributed by atoms with Gasteiger partial charge in [0.2, 0.25) is 0 Å². The van der Waals surface area contributed by atoms with Crippen molar-refractivity contribution in [1.82, 2.24) is 5.01 Å². The lowest BCUT2D eigenvalue weighted by Gasteiger charge is -2.12. The number of halogens is 1. The van der Waals surface area contributed by atoms with Gasteiger partial charge < -0.3 is 9.47 Å². The Morgan fingerprint density at radius 2 is 2.12 bits per heavy atom. The van der Waals surface area contributed by atoms with Crippen LogP contribution in [0.25, 0.3) is 0 Å². The number of nitrogens with zero attached hydrogens (tertiary/aromatic N) is 2. The zero-order valence-electron chi connectivity index (χ0n) is 13.8. The van der Waals surface area contributed by atoms with Gasteiger partial charge in [-0.25, -0.2) is 0 Å². The number of benzene rings is 2. The minimum Gasteiger partial charge on any atom is -0.493 e. The molecule has 0 aliphatic carbocycles. The number of amides is 1. The summed E-state index contributed by atoms with van der Waals surface area (Å²) >= 11 is 12.5. The van der Waals surface area contributed by atoms with Crippen LogP contribution in [0.1, 0.15) is 11.1 Å². The summed E-state index contributed by atoms with van der Waals surface area (Å²) in [6, 6.07) is 12.9. The van der Waals surface area contributed by atoms with Crippen LogP contribution in [0.5, 0.6) is 11.5 Å². The molecular weight excluding hydrogens is 392 g/mol. The van der Waals surface area contributed by atoms with Crippen LogP contribution in [0.15, 0.2) is 47.6 Å². The topological polar surface area (TPSA) is 51.1 Å². The predicted molar refractivity (Wildman–Crippen MR) is 108 cm³/mol. The van der Waals surface area contributed by atoms with E-state index in [1.807, 2.05) is 30.3 Å². The highest BCUT2D eigenvalue weighted by molar-refractivity contribution is 8.23. The first-order chi connectivity index (χ1) is 12.6. The summed E-state index contributed by atoms with van der Waals surface area (Å²) in [6.07, 6.45) is 1.57. The number of carbonyl (C=O) groups is 1. The van der Waals surface area contributed by atoms with E-state index in [2.05, 4.69) is 5.10 Å². The predicted octanol–water partition coefficient (Wildman–Crippen LogP) is 4.12. The number of hydrogen-bond acceptors (Lipinski definition) is 6. The summed E-state index contributed by atoms with van der Waals surface area (Å²) in [7, 11) is 1.56. The summed E-state index contributed by atoms with van der Waals surface area (Å²) in [5.41, 5.74) is 1.65. The minimum absolute atomic E-state index is 0.122. The Labute approximate surface area is 165 Å². The van der Waals surface area contributed by atoms with E-state index >= 15 is 0 Å². The van der Waals surface area contributed by atoms with E-state index < -0.39 is 0 Å². The lowest BCUT2D eigenvalue weighted by Crippen LogP contribution is -2.22. The van der Waals surface area contributed by atoms with Crippen LogP contribution >= 0.6 is 35.6 Å². The molecule has 0 spiro atoms. The number of rotatable bonds is 6. The zero-order chi connectivity index (χ0) is 18.5. The van der Waals surface area contributed by atoms with Crippen molar-refractivity contribution >= 4 is 52.0 Å². The molecule has 0 bridgehead atoms. The van der Waals surface area contributed by atoms with Crippen LogP contribution in [0.4, 0.5) is 0 Å². The van der Waals surface area contributed by atoms with Crippen LogP contribution < -0.4 is 9.47 Å². The Morgan fingerprint density at radius 3 is 2.81 bits per heavy atom. The van der Waals surface area contributed by atoms with Crippen molar-refractivity contribution < 1.29 is 14.3 Å². The van der Waals surface area contributed by atoms with Gasteiger partial charge in [0.1, 0.15) is 6.61 Å². The van der Waals surface area contributed by atoms with Gasteiger partial charge in [-0.05, 0) is 29.8 Å². The number of hydrogen-bond donors (Lipinski definition) is 0. The van der Waals surface area contributed by atoms with Gasteiger partial charge in [0.05, 0.1) is 19.1 Å². The molecule has 2 aromatic rings. The molecule has 2 aromatic carbocycles. The second-order valence-corrected chi connectivity index (χ2v) is 7.31. The highest BCUT2D eigenvalue weighted by atomic mass is 35.5. The molecule has 1 amide bonds. The third-order valence-corrected chi connectivity index (χ3v) is 5.29. The fourth-order valence-corrected chi connectivity index (χ4v) is 3.39. The van der Waals surface area contributed by atoms with Gasteiger partial charge in [0.25, 0.3) is 5.91 Å². The molecule has 0 saturated carbocycles. The Hall–Kier alpha value is -2.09. The molecule has 0 radical (unpaired) electrons. The molecule has 1 heterocycles. The maximum atomic E-state index is 11.7. The van der Waals surface area contributed by atoms with E-state index in [1.54, 1.807) is 25.5 Å². The van der Waals surface area contributed by atoms with Crippen molar-refractivity contribution in [3.8, 4) is 11.5 Å². The molecular formula is C18H15ClN2O3S2. The van der Waals surface area contributed by atoms with Gasteiger partial charge in [0, 0.05) is 10.6 Å². The minimum atomic E-state index is -0.122. The molecule has 8 heteroatoms. The van der Waals surface area contributed by atoms with E-state index in [0.29, 0.717) is 33.2 Å². The average Bonchev–Trinajstić information content (AvgIpc) is 2.97. The number of thiocarbonyl (C=S) groups is 1. The molecule has 0 aromatic heterocycles. The van der Waals surface area contributed by atoms with Crippen LogP contribution in [0.2, 0.25) is 5.02 Å². The quantitative estimate of drug-likeness (QED) is 0.533. The lowest BCUT2D eigenvalue weighted by molar-refractivity contribution is -0.123. The third-order valence-electron chi connectivity index (χ3n) is 3.58. The average molecular weight is 407 g/mol. The van der Waals surface area contributed by atoms with Crippen molar-refractivity contribution in [2.45, 2.75) is 6.61 Å². The SMILES string of the molecule is COc1cc(/C=N/N2C(=O)CSC2=S)ccc1OCc1ccccc1Cl. The molecule has 1 aliphatic heterocycles. The standard InChI is InChI=1S/C18H15ClN2O3S2/c1-23-16-8-12(9-20-21-17(22)11-26-18(21)25)6-7-15(16)24-10-13-4-2-3-5-14(13)19/h2-9H,10-11H2,1H3/b20-9+. The van der Waals surface area contributed by atoms with Gasteiger partial charge in [-0.1, -0.05) is 53.8 Å². The van der Waals surface area contributed by atoms with Crippen LogP contribution in [0.3, 0.4) is 0 Å². The fraction of sp³-hybridized carbons (Fsp3) is 0.167. The Kier molecular flexibility index (Phi) is 6.13. The molecule has 0 N–H and O–H groups in total. The molecule has 134 valence electrons. The second-order valence-electron chi connectivity index (χ2n) is 5.30. The third kappa shape index (κ3) is 4.35. The van der Waals surface area contributed by atoms with Crippen molar-refractivity contribution in [1.29, 1.82) is 0 Å². The Balaban J connectivity index is 1.72. The van der Waals surface area contributed by atoms with E-state index in [1.165, 1.54) is 16.8 Å². The normalized spacial score (nSPS) is 14.3. The summed E-state index contributed by atoms with van der Waals surface area (Å²) < 4.78 is 11.7. The van der Waals surface area contributed by atoms with E-state index in [4.69, 9.17) is 33.3 Å². The van der Waals surface area contributed by atoms with Gasteiger partial charge in [-0.2, -0.15) is 10.1 Å². The number of thioether (sulfide) groups is 1. The molecule has 26 heavy (non-hydrogen) atoms.